The minimum absolute atomic E-state index is 0.0425. The molecule has 1 aliphatic rings. The summed E-state index contributed by atoms with van der Waals surface area (Å²) < 4.78 is 5.31. The molecular weight excluding hydrogens is 244 g/mol. The van der Waals surface area contributed by atoms with Crippen molar-refractivity contribution < 1.29 is 14.6 Å². The maximum Gasteiger partial charge on any atom is 0.251 e. The molecule has 1 amide bonds. The van der Waals surface area contributed by atoms with Crippen LogP contribution in [0.4, 0.5) is 0 Å². The predicted molar refractivity (Wildman–Crippen MR) is 72.0 cm³/mol. The van der Waals surface area contributed by atoms with Crippen LogP contribution < -0.4 is 5.32 Å². The van der Waals surface area contributed by atoms with Gasteiger partial charge in [-0.05, 0) is 17.7 Å². The van der Waals surface area contributed by atoms with Gasteiger partial charge in [0.15, 0.2) is 0 Å². The normalized spacial score (nSPS) is 16.3. The van der Waals surface area contributed by atoms with Crippen LogP contribution in [0, 0.1) is 0 Å². The zero-order valence-electron chi connectivity index (χ0n) is 11.0. The third-order valence-corrected chi connectivity index (χ3v) is 3.10. The number of nitrogens with zero attached hydrogens (tertiary/aromatic N) is 1. The Morgan fingerprint density at radius 1 is 1.37 bits per heavy atom. The third kappa shape index (κ3) is 4.31. The van der Waals surface area contributed by atoms with Crippen LogP contribution in [0.25, 0.3) is 0 Å². The van der Waals surface area contributed by atoms with Crippen molar-refractivity contribution in [1.29, 1.82) is 0 Å². The zero-order valence-corrected chi connectivity index (χ0v) is 11.0. The van der Waals surface area contributed by atoms with Gasteiger partial charge in [0.2, 0.25) is 0 Å². The number of rotatable bonds is 5. The van der Waals surface area contributed by atoms with E-state index < -0.39 is 0 Å². The first-order valence-electron chi connectivity index (χ1n) is 6.57. The van der Waals surface area contributed by atoms with E-state index in [9.17, 15) is 4.79 Å². The lowest BCUT2D eigenvalue weighted by Crippen LogP contribution is -2.35. The van der Waals surface area contributed by atoms with Gasteiger partial charge in [-0.25, -0.2) is 0 Å². The number of aliphatic hydroxyl groups is 1. The van der Waals surface area contributed by atoms with E-state index in [4.69, 9.17) is 9.84 Å². The number of hydrogen-bond donors (Lipinski definition) is 2. The van der Waals surface area contributed by atoms with Gasteiger partial charge in [0.25, 0.3) is 5.91 Å². The molecule has 1 saturated heterocycles. The fourth-order valence-corrected chi connectivity index (χ4v) is 2.10. The molecular formula is C14H20N2O3. The summed E-state index contributed by atoms with van der Waals surface area (Å²) in [6, 6.07) is 7.61. The Kier molecular flexibility index (Phi) is 5.32. The second kappa shape index (κ2) is 7.23. The summed E-state index contributed by atoms with van der Waals surface area (Å²) in [4.78, 5) is 14.1. The lowest BCUT2D eigenvalue weighted by atomic mass is 10.1. The monoisotopic (exact) mass is 264 g/mol. The number of nitrogens with one attached hydrogen (secondary N) is 1. The van der Waals surface area contributed by atoms with Gasteiger partial charge in [0, 0.05) is 31.7 Å². The van der Waals surface area contributed by atoms with Crippen LogP contribution in [0.15, 0.2) is 24.3 Å². The molecule has 1 aliphatic heterocycles. The van der Waals surface area contributed by atoms with Crippen molar-refractivity contribution >= 4 is 5.91 Å². The Hall–Kier alpha value is -1.43. The van der Waals surface area contributed by atoms with E-state index >= 15 is 0 Å². The molecule has 2 N–H and O–H groups in total. The molecule has 19 heavy (non-hydrogen) atoms. The van der Waals surface area contributed by atoms with Gasteiger partial charge in [-0.1, -0.05) is 12.1 Å². The number of aliphatic hydroxyl groups excluding tert-OH is 1. The number of carbonyl (C=O) groups is 1. The Labute approximate surface area is 113 Å². The van der Waals surface area contributed by atoms with Gasteiger partial charge in [0.05, 0.1) is 19.8 Å². The van der Waals surface area contributed by atoms with Gasteiger partial charge in [-0.2, -0.15) is 0 Å². The van der Waals surface area contributed by atoms with E-state index in [0.29, 0.717) is 5.56 Å². The molecule has 5 heteroatoms. The van der Waals surface area contributed by atoms with Gasteiger partial charge >= 0.3 is 0 Å². The summed E-state index contributed by atoms with van der Waals surface area (Å²) in [5.74, 6) is -0.141. The standard InChI is InChI=1S/C14H20N2O3/c17-7-4-15-14(18)13-3-1-2-12(10-13)11-16-5-8-19-9-6-16/h1-3,10,17H,4-9,11H2,(H,15,18). The molecule has 5 nitrogen and oxygen atoms in total. The average Bonchev–Trinajstić information content (AvgIpc) is 2.46. The fourth-order valence-electron chi connectivity index (χ4n) is 2.10. The van der Waals surface area contributed by atoms with Crippen molar-refractivity contribution in [2.24, 2.45) is 0 Å². The first-order valence-corrected chi connectivity index (χ1v) is 6.57. The zero-order chi connectivity index (χ0) is 13.5. The number of morpholine rings is 1. The quantitative estimate of drug-likeness (QED) is 0.800. The van der Waals surface area contributed by atoms with Gasteiger partial charge in [-0.3, -0.25) is 9.69 Å². The van der Waals surface area contributed by atoms with Crippen LogP contribution in [0.2, 0.25) is 0 Å². The third-order valence-electron chi connectivity index (χ3n) is 3.10. The molecule has 2 rings (SSSR count). The van der Waals surface area contributed by atoms with Crippen LogP contribution in [-0.2, 0) is 11.3 Å². The van der Waals surface area contributed by atoms with Crippen LogP contribution in [-0.4, -0.2) is 55.4 Å². The van der Waals surface area contributed by atoms with Crippen molar-refractivity contribution in [3.63, 3.8) is 0 Å². The van der Waals surface area contributed by atoms with Gasteiger partial charge in [-0.15, -0.1) is 0 Å². The minimum atomic E-state index is -0.141. The van der Waals surface area contributed by atoms with Crippen molar-refractivity contribution in [3.05, 3.63) is 35.4 Å². The lowest BCUT2D eigenvalue weighted by molar-refractivity contribution is 0.0342. The van der Waals surface area contributed by atoms with E-state index in [2.05, 4.69) is 10.2 Å². The lowest BCUT2D eigenvalue weighted by Gasteiger charge is -2.26. The molecule has 0 bridgehead atoms. The van der Waals surface area contributed by atoms with Crippen LogP contribution in [0.3, 0.4) is 0 Å². The van der Waals surface area contributed by atoms with Gasteiger partial charge in [0.1, 0.15) is 0 Å². The van der Waals surface area contributed by atoms with E-state index in [1.165, 1.54) is 0 Å². The van der Waals surface area contributed by atoms with Gasteiger partial charge < -0.3 is 15.2 Å². The molecule has 1 fully saturated rings. The van der Waals surface area contributed by atoms with Crippen molar-refractivity contribution in [3.8, 4) is 0 Å². The van der Waals surface area contributed by atoms with Crippen molar-refractivity contribution in [1.82, 2.24) is 10.2 Å². The fraction of sp³-hybridized carbons (Fsp3) is 0.500. The van der Waals surface area contributed by atoms with E-state index in [1.807, 2.05) is 18.2 Å². The number of hydrogen-bond acceptors (Lipinski definition) is 4. The average molecular weight is 264 g/mol. The maximum atomic E-state index is 11.8. The van der Waals surface area contributed by atoms with E-state index in [-0.39, 0.29) is 19.1 Å². The molecule has 0 spiro atoms. The van der Waals surface area contributed by atoms with E-state index in [0.717, 1.165) is 38.4 Å². The predicted octanol–water partition coefficient (Wildman–Crippen LogP) is 0.241. The molecule has 0 unspecified atom stereocenters. The summed E-state index contributed by atoms with van der Waals surface area (Å²) in [6.45, 7) is 4.49. The SMILES string of the molecule is O=C(NCCO)c1cccc(CN2CCOCC2)c1. The summed E-state index contributed by atoms with van der Waals surface area (Å²) >= 11 is 0. The second-order valence-electron chi connectivity index (χ2n) is 4.57. The number of amides is 1. The summed E-state index contributed by atoms with van der Waals surface area (Å²) in [5.41, 5.74) is 1.76. The molecule has 1 aromatic rings. The molecule has 0 aliphatic carbocycles. The minimum Gasteiger partial charge on any atom is -0.395 e. The highest BCUT2D eigenvalue weighted by Crippen LogP contribution is 2.10. The largest absolute Gasteiger partial charge is 0.395 e. The summed E-state index contributed by atoms with van der Waals surface area (Å²) in [6.07, 6.45) is 0. The topological polar surface area (TPSA) is 61.8 Å². The highest BCUT2D eigenvalue weighted by atomic mass is 16.5. The second-order valence-corrected chi connectivity index (χ2v) is 4.57. The Bertz CT molecular complexity index is 417. The maximum absolute atomic E-state index is 11.8. The van der Waals surface area contributed by atoms with Crippen molar-refractivity contribution in [2.75, 3.05) is 39.5 Å². The molecule has 0 atom stereocenters. The van der Waals surface area contributed by atoms with Crippen LogP contribution >= 0.6 is 0 Å². The summed E-state index contributed by atoms with van der Waals surface area (Å²) in [5, 5.41) is 11.4. The molecule has 0 aromatic heterocycles. The smallest absolute Gasteiger partial charge is 0.251 e. The Balaban J connectivity index is 1.95. The van der Waals surface area contributed by atoms with Crippen LogP contribution in [0.5, 0.6) is 0 Å². The Morgan fingerprint density at radius 3 is 2.89 bits per heavy atom. The number of benzene rings is 1. The Morgan fingerprint density at radius 2 is 2.16 bits per heavy atom. The highest BCUT2D eigenvalue weighted by molar-refractivity contribution is 5.94. The molecule has 1 heterocycles. The molecule has 0 radical (unpaired) electrons. The molecule has 1 aromatic carbocycles. The van der Waals surface area contributed by atoms with Crippen molar-refractivity contribution in [2.45, 2.75) is 6.54 Å². The van der Waals surface area contributed by atoms with E-state index in [1.54, 1.807) is 6.07 Å². The molecule has 104 valence electrons. The highest BCUT2D eigenvalue weighted by Gasteiger charge is 2.12. The van der Waals surface area contributed by atoms with Crippen LogP contribution in [0.1, 0.15) is 15.9 Å². The summed E-state index contributed by atoms with van der Waals surface area (Å²) in [7, 11) is 0. The number of ether oxygens (including phenoxy) is 1. The first-order chi connectivity index (χ1) is 9.29. The first kappa shape index (κ1) is 14.0. The molecule has 0 saturated carbocycles. The number of carbonyl (C=O) groups excluding carboxylic acids is 1.